The van der Waals surface area contributed by atoms with Crippen molar-refractivity contribution in [2.75, 3.05) is 33.2 Å². The van der Waals surface area contributed by atoms with Gasteiger partial charge in [-0.25, -0.2) is 0 Å². The molecule has 1 aliphatic heterocycles. The molecule has 1 saturated heterocycles. The van der Waals surface area contributed by atoms with Gasteiger partial charge >= 0.3 is 0 Å². The maximum absolute atomic E-state index is 6.00. The number of nitrogens with zero attached hydrogens (tertiary/aromatic N) is 2. The molecule has 0 aromatic carbocycles. The van der Waals surface area contributed by atoms with E-state index < -0.39 is 0 Å². The Morgan fingerprint density at radius 2 is 2.00 bits per heavy atom. The molecule has 2 N–H and O–H groups in total. The van der Waals surface area contributed by atoms with Crippen molar-refractivity contribution in [1.82, 2.24) is 9.80 Å². The molecule has 3 nitrogen and oxygen atoms in total. The molecule has 1 fully saturated rings. The molecule has 0 radical (unpaired) electrons. The zero-order chi connectivity index (χ0) is 12.2. The van der Waals surface area contributed by atoms with E-state index in [1.54, 1.807) is 0 Å². The molecular formula is C13H29N3. The summed E-state index contributed by atoms with van der Waals surface area (Å²) >= 11 is 0. The molecule has 1 aliphatic rings. The minimum Gasteiger partial charge on any atom is -0.326 e. The first kappa shape index (κ1) is 13.9. The quantitative estimate of drug-likeness (QED) is 0.773. The van der Waals surface area contributed by atoms with Crippen LogP contribution in [0.15, 0.2) is 0 Å². The van der Waals surface area contributed by atoms with Crippen molar-refractivity contribution in [1.29, 1.82) is 0 Å². The van der Waals surface area contributed by atoms with Gasteiger partial charge in [-0.05, 0) is 46.7 Å². The Balaban J connectivity index is 2.23. The molecule has 1 rings (SSSR count). The van der Waals surface area contributed by atoms with Gasteiger partial charge in [0.05, 0.1) is 0 Å². The van der Waals surface area contributed by atoms with E-state index in [1.165, 1.54) is 39.0 Å². The molecule has 96 valence electrons. The average Bonchev–Trinajstić information content (AvgIpc) is 2.18. The van der Waals surface area contributed by atoms with Crippen molar-refractivity contribution < 1.29 is 0 Å². The van der Waals surface area contributed by atoms with Crippen molar-refractivity contribution in [3.05, 3.63) is 0 Å². The molecule has 16 heavy (non-hydrogen) atoms. The van der Waals surface area contributed by atoms with Crippen LogP contribution in [0.2, 0.25) is 0 Å². The van der Waals surface area contributed by atoms with Crippen LogP contribution in [-0.2, 0) is 0 Å². The van der Waals surface area contributed by atoms with Gasteiger partial charge in [0.1, 0.15) is 0 Å². The standard InChI is InChI=1S/C13H29N3/c1-5-12-11-16(10-9-15(12)4)8-6-7-13(2,3)14/h12H,5-11,14H2,1-4H3. The zero-order valence-electron chi connectivity index (χ0n) is 11.5. The van der Waals surface area contributed by atoms with Gasteiger partial charge in [-0.3, -0.25) is 0 Å². The molecule has 0 saturated carbocycles. The number of nitrogens with two attached hydrogens (primary N) is 1. The smallest absolute Gasteiger partial charge is 0.0218 e. The number of hydrogen-bond donors (Lipinski definition) is 1. The minimum atomic E-state index is -0.00324. The third kappa shape index (κ3) is 4.81. The first-order valence-electron chi connectivity index (χ1n) is 6.64. The molecule has 0 aromatic heterocycles. The topological polar surface area (TPSA) is 32.5 Å². The second kappa shape index (κ2) is 5.99. The Morgan fingerprint density at radius 3 is 2.56 bits per heavy atom. The second-order valence-electron chi connectivity index (χ2n) is 5.94. The third-order valence-electron chi connectivity index (χ3n) is 3.63. The fraction of sp³-hybridized carbons (Fsp3) is 1.00. The number of likely N-dealkylation sites (N-methyl/N-ethyl adjacent to an activating group) is 1. The monoisotopic (exact) mass is 227 g/mol. The largest absolute Gasteiger partial charge is 0.326 e. The van der Waals surface area contributed by atoms with E-state index in [0.29, 0.717) is 0 Å². The van der Waals surface area contributed by atoms with Gasteiger partial charge in [-0.2, -0.15) is 0 Å². The molecule has 1 unspecified atom stereocenters. The summed E-state index contributed by atoms with van der Waals surface area (Å²) in [5.41, 5.74) is 6.00. The summed E-state index contributed by atoms with van der Waals surface area (Å²) in [5.74, 6) is 0. The second-order valence-corrected chi connectivity index (χ2v) is 5.94. The molecule has 3 heteroatoms. The summed E-state index contributed by atoms with van der Waals surface area (Å²) in [5, 5.41) is 0. The summed E-state index contributed by atoms with van der Waals surface area (Å²) in [4.78, 5) is 5.09. The van der Waals surface area contributed by atoms with E-state index in [-0.39, 0.29) is 5.54 Å². The van der Waals surface area contributed by atoms with E-state index in [2.05, 4.69) is 37.6 Å². The number of piperazine rings is 1. The maximum atomic E-state index is 6.00. The van der Waals surface area contributed by atoms with Crippen molar-refractivity contribution in [3.8, 4) is 0 Å². The third-order valence-corrected chi connectivity index (χ3v) is 3.63. The predicted octanol–water partition coefficient (Wildman–Crippen LogP) is 1.53. The lowest BCUT2D eigenvalue weighted by molar-refractivity contribution is 0.0910. The van der Waals surface area contributed by atoms with Crippen LogP contribution in [0.4, 0.5) is 0 Å². The summed E-state index contributed by atoms with van der Waals surface area (Å²) in [7, 11) is 2.24. The molecule has 0 bridgehead atoms. The molecular weight excluding hydrogens is 198 g/mol. The van der Waals surface area contributed by atoms with Crippen LogP contribution in [0.1, 0.15) is 40.0 Å². The van der Waals surface area contributed by atoms with E-state index in [4.69, 9.17) is 5.73 Å². The Morgan fingerprint density at radius 1 is 1.31 bits per heavy atom. The Hall–Kier alpha value is -0.120. The first-order valence-corrected chi connectivity index (χ1v) is 6.64. The molecule has 0 aromatic rings. The van der Waals surface area contributed by atoms with E-state index in [0.717, 1.165) is 12.5 Å². The highest BCUT2D eigenvalue weighted by Gasteiger charge is 2.22. The van der Waals surface area contributed by atoms with Gasteiger partial charge in [0.15, 0.2) is 0 Å². The van der Waals surface area contributed by atoms with Gasteiger partial charge in [-0.15, -0.1) is 0 Å². The van der Waals surface area contributed by atoms with E-state index in [9.17, 15) is 0 Å². The summed E-state index contributed by atoms with van der Waals surface area (Å²) in [6.07, 6.45) is 3.61. The highest BCUT2D eigenvalue weighted by molar-refractivity contribution is 4.80. The predicted molar refractivity (Wildman–Crippen MR) is 70.6 cm³/mol. The Kier molecular flexibility index (Phi) is 5.22. The van der Waals surface area contributed by atoms with Gasteiger partial charge in [-0.1, -0.05) is 6.92 Å². The molecule has 0 aliphatic carbocycles. The van der Waals surface area contributed by atoms with Crippen LogP contribution >= 0.6 is 0 Å². The van der Waals surface area contributed by atoms with Crippen LogP contribution in [0.25, 0.3) is 0 Å². The number of hydrogen-bond acceptors (Lipinski definition) is 3. The van der Waals surface area contributed by atoms with Crippen LogP contribution < -0.4 is 5.73 Å². The fourth-order valence-corrected chi connectivity index (χ4v) is 2.41. The highest BCUT2D eigenvalue weighted by atomic mass is 15.3. The van der Waals surface area contributed by atoms with Gasteiger partial charge in [0.25, 0.3) is 0 Å². The lowest BCUT2D eigenvalue weighted by atomic mass is 9.99. The molecule has 0 spiro atoms. The van der Waals surface area contributed by atoms with E-state index >= 15 is 0 Å². The lowest BCUT2D eigenvalue weighted by Crippen LogP contribution is -2.51. The van der Waals surface area contributed by atoms with E-state index in [1.807, 2.05) is 0 Å². The van der Waals surface area contributed by atoms with Gasteiger partial charge in [0.2, 0.25) is 0 Å². The van der Waals surface area contributed by atoms with Crippen LogP contribution in [0, 0.1) is 0 Å². The maximum Gasteiger partial charge on any atom is 0.0218 e. The summed E-state index contributed by atoms with van der Waals surface area (Å²) in [6.45, 7) is 11.4. The molecule has 1 atom stereocenters. The normalized spacial score (nSPS) is 24.9. The summed E-state index contributed by atoms with van der Waals surface area (Å²) < 4.78 is 0. The van der Waals surface area contributed by atoms with Crippen LogP contribution in [0.5, 0.6) is 0 Å². The highest BCUT2D eigenvalue weighted by Crippen LogP contribution is 2.13. The fourth-order valence-electron chi connectivity index (χ4n) is 2.41. The van der Waals surface area contributed by atoms with Gasteiger partial charge in [0, 0.05) is 31.2 Å². The average molecular weight is 227 g/mol. The van der Waals surface area contributed by atoms with Crippen molar-refractivity contribution in [3.63, 3.8) is 0 Å². The lowest BCUT2D eigenvalue weighted by Gasteiger charge is -2.39. The van der Waals surface area contributed by atoms with Crippen molar-refractivity contribution in [2.45, 2.75) is 51.6 Å². The summed E-state index contributed by atoms with van der Waals surface area (Å²) in [6, 6.07) is 0.750. The molecule has 1 heterocycles. The minimum absolute atomic E-state index is 0.00324. The van der Waals surface area contributed by atoms with Crippen molar-refractivity contribution in [2.24, 2.45) is 5.73 Å². The number of rotatable bonds is 5. The Bertz CT molecular complexity index is 198. The molecule has 0 amide bonds. The van der Waals surface area contributed by atoms with Crippen LogP contribution in [-0.4, -0.2) is 54.6 Å². The van der Waals surface area contributed by atoms with Gasteiger partial charge < -0.3 is 15.5 Å². The first-order chi connectivity index (χ1) is 7.42. The van der Waals surface area contributed by atoms with Crippen LogP contribution in [0.3, 0.4) is 0 Å². The zero-order valence-corrected chi connectivity index (χ0v) is 11.5. The SMILES string of the molecule is CCC1CN(CCCC(C)(C)N)CCN1C. The Labute approximate surface area is 101 Å². The van der Waals surface area contributed by atoms with Crippen molar-refractivity contribution >= 4 is 0 Å².